The third-order valence-corrected chi connectivity index (χ3v) is 5.26. The Morgan fingerprint density at radius 3 is 2.75 bits per heavy atom. The predicted molar refractivity (Wildman–Crippen MR) is 109 cm³/mol. The average molecular weight is 377 g/mol. The van der Waals surface area contributed by atoms with Crippen LogP contribution in [0, 0.1) is 19.8 Å². The number of anilines is 1. The molecular formula is C21H27N7. The van der Waals surface area contributed by atoms with Crippen LogP contribution in [0.3, 0.4) is 0 Å². The molecule has 1 atom stereocenters. The Hall–Kier alpha value is -2.83. The first-order valence-electron chi connectivity index (χ1n) is 10.0. The van der Waals surface area contributed by atoms with E-state index >= 15 is 0 Å². The minimum absolute atomic E-state index is 0.534. The van der Waals surface area contributed by atoms with Gasteiger partial charge in [-0.25, -0.2) is 19.6 Å². The van der Waals surface area contributed by atoms with Crippen LogP contribution in [-0.2, 0) is 13.0 Å². The van der Waals surface area contributed by atoms with Gasteiger partial charge in [-0.05, 0) is 51.2 Å². The molecule has 3 aromatic heterocycles. The number of pyridine rings is 1. The largest absolute Gasteiger partial charge is 0.356 e. The highest BCUT2D eigenvalue weighted by Gasteiger charge is 2.23. The first kappa shape index (κ1) is 18.5. The fraction of sp³-hybridized carbons (Fsp3) is 0.476. The van der Waals surface area contributed by atoms with Gasteiger partial charge in [0.1, 0.15) is 23.2 Å². The molecule has 0 amide bonds. The van der Waals surface area contributed by atoms with Crippen LogP contribution in [0.15, 0.2) is 30.5 Å². The molecule has 1 fully saturated rings. The van der Waals surface area contributed by atoms with Crippen molar-refractivity contribution < 1.29 is 0 Å². The van der Waals surface area contributed by atoms with Crippen LogP contribution in [0.2, 0.25) is 0 Å². The summed E-state index contributed by atoms with van der Waals surface area (Å²) in [5.74, 6) is 4.08. The fourth-order valence-corrected chi connectivity index (χ4v) is 3.84. The molecule has 1 aliphatic rings. The zero-order valence-electron chi connectivity index (χ0n) is 16.8. The number of aryl methyl sites for hydroxylation is 3. The maximum absolute atomic E-state index is 4.86. The van der Waals surface area contributed by atoms with E-state index in [1.54, 1.807) is 6.20 Å². The molecule has 0 aromatic carbocycles. The van der Waals surface area contributed by atoms with E-state index in [-0.39, 0.29) is 0 Å². The zero-order valence-corrected chi connectivity index (χ0v) is 16.8. The van der Waals surface area contributed by atoms with Crippen molar-refractivity contribution in [2.75, 3.05) is 18.0 Å². The summed E-state index contributed by atoms with van der Waals surface area (Å²) >= 11 is 0. The second-order valence-electron chi connectivity index (χ2n) is 7.45. The molecule has 7 heteroatoms. The topological polar surface area (TPSA) is 72.6 Å². The molecule has 0 N–H and O–H groups in total. The van der Waals surface area contributed by atoms with Crippen LogP contribution >= 0.6 is 0 Å². The summed E-state index contributed by atoms with van der Waals surface area (Å²) in [5, 5.41) is 4.54. The molecule has 7 nitrogen and oxygen atoms in total. The summed E-state index contributed by atoms with van der Waals surface area (Å²) in [6.07, 6.45) is 5.02. The van der Waals surface area contributed by atoms with E-state index in [0.29, 0.717) is 11.7 Å². The van der Waals surface area contributed by atoms with E-state index in [1.807, 2.05) is 36.7 Å². The van der Waals surface area contributed by atoms with Gasteiger partial charge in [0.15, 0.2) is 5.82 Å². The molecule has 1 saturated heterocycles. The highest BCUT2D eigenvalue weighted by atomic mass is 15.3. The number of nitrogens with zero attached hydrogens (tertiary/aromatic N) is 7. The summed E-state index contributed by atoms with van der Waals surface area (Å²) in [4.78, 5) is 20.8. The van der Waals surface area contributed by atoms with Gasteiger partial charge in [-0.3, -0.25) is 4.98 Å². The molecule has 1 aliphatic heterocycles. The van der Waals surface area contributed by atoms with Crippen molar-refractivity contribution >= 4 is 5.82 Å². The molecule has 3 aromatic rings. The Morgan fingerprint density at radius 2 is 2.04 bits per heavy atom. The van der Waals surface area contributed by atoms with E-state index in [2.05, 4.69) is 33.0 Å². The summed E-state index contributed by atoms with van der Waals surface area (Å²) in [7, 11) is 0. The average Bonchev–Trinajstić information content (AvgIpc) is 3.05. The maximum Gasteiger partial charge on any atom is 0.180 e. The molecule has 0 bridgehead atoms. The van der Waals surface area contributed by atoms with Crippen molar-refractivity contribution in [1.82, 2.24) is 29.7 Å². The van der Waals surface area contributed by atoms with Gasteiger partial charge in [-0.15, -0.1) is 0 Å². The zero-order chi connectivity index (χ0) is 19.5. The highest BCUT2D eigenvalue weighted by Crippen LogP contribution is 2.25. The molecule has 0 radical (unpaired) electrons. The van der Waals surface area contributed by atoms with E-state index in [4.69, 9.17) is 9.97 Å². The monoisotopic (exact) mass is 377 g/mol. The van der Waals surface area contributed by atoms with Gasteiger partial charge < -0.3 is 4.90 Å². The number of hydrogen-bond acceptors (Lipinski definition) is 6. The van der Waals surface area contributed by atoms with Gasteiger partial charge in [0.2, 0.25) is 0 Å². The van der Waals surface area contributed by atoms with Gasteiger partial charge in [0.25, 0.3) is 0 Å². The molecule has 1 unspecified atom stereocenters. The molecular weight excluding hydrogens is 350 g/mol. The molecule has 0 aliphatic carbocycles. The number of rotatable bonds is 5. The van der Waals surface area contributed by atoms with Gasteiger partial charge in [-0.2, -0.15) is 5.10 Å². The Bertz CT molecular complexity index is 935. The van der Waals surface area contributed by atoms with E-state index in [0.717, 1.165) is 61.3 Å². The highest BCUT2D eigenvalue weighted by molar-refractivity contribution is 5.54. The van der Waals surface area contributed by atoms with Crippen LogP contribution in [0.25, 0.3) is 11.5 Å². The lowest BCUT2D eigenvalue weighted by atomic mass is 9.98. The second-order valence-corrected chi connectivity index (χ2v) is 7.45. The second kappa shape index (κ2) is 8.04. The van der Waals surface area contributed by atoms with Gasteiger partial charge >= 0.3 is 0 Å². The molecule has 28 heavy (non-hydrogen) atoms. The van der Waals surface area contributed by atoms with Crippen LogP contribution in [0.4, 0.5) is 5.82 Å². The molecule has 4 heterocycles. The van der Waals surface area contributed by atoms with Crippen LogP contribution in [0.5, 0.6) is 0 Å². The van der Waals surface area contributed by atoms with Crippen molar-refractivity contribution in [3.05, 3.63) is 47.8 Å². The molecule has 0 spiro atoms. The Labute approximate surface area is 165 Å². The molecule has 0 saturated carbocycles. The minimum Gasteiger partial charge on any atom is -0.356 e. The van der Waals surface area contributed by atoms with E-state index in [1.165, 1.54) is 6.42 Å². The summed E-state index contributed by atoms with van der Waals surface area (Å²) in [6.45, 7) is 9.00. The lowest BCUT2D eigenvalue weighted by Crippen LogP contribution is -2.38. The summed E-state index contributed by atoms with van der Waals surface area (Å²) < 4.78 is 2.04. The van der Waals surface area contributed by atoms with Crippen LogP contribution < -0.4 is 4.90 Å². The fourth-order valence-electron chi connectivity index (χ4n) is 3.84. The SMILES string of the molecule is CCc1cc(N2CCCC(Cn3nc(C)nc3C)C2)nc(-c2ccccn2)n1. The third-order valence-electron chi connectivity index (χ3n) is 5.26. The summed E-state index contributed by atoms with van der Waals surface area (Å²) in [5.41, 5.74) is 1.87. The van der Waals surface area contributed by atoms with Gasteiger partial charge in [0.05, 0.1) is 0 Å². The quantitative estimate of drug-likeness (QED) is 0.680. The normalized spacial score (nSPS) is 17.1. The van der Waals surface area contributed by atoms with Crippen molar-refractivity contribution in [1.29, 1.82) is 0 Å². The Balaban J connectivity index is 1.57. The van der Waals surface area contributed by atoms with Crippen LogP contribution in [-0.4, -0.2) is 42.8 Å². The molecule has 4 rings (SSSR count). The van der Waals surface area contributed by atoms with Crippen molar-refractivity contribution in [2.45, 2.75) is 46.6 Å². The summed E-state index contributed by atoms with van der Waals surface area (Å²) in [6, 6.07) is 7.98. The Morgan fingerprint density at radius 1 is 1.14 bits per heavy atom. The number of piperidine rings is 1. The van der Waals surface area contributed by atoms with Crippen molar-refractivity contribution in [2.24, 2.45) is 5.92 Å². The van der Waals surface area contributed by atoms with Crippen molar-refractivity contribution in [3.8, 4) is 11.5 Å². The lowest BCUT2D eigenvalue weighted by molar-refractivity contribution is 0.346. The lowest BCUT2D eigenvalue weighted by Gasteiger charge is -2.34. The van der Waals surface area contributed by atoms with E-state index < -0.39 is 0 Å². The Kier molecular flexibility index (Phi) is 5.32. The van der Waals surface area contributed by atoms with Gasteiger partial charge in [-0.1, -0.05) is 13.0 Å². The number of hydrogen-bond donors (Lipinski definition) is 0. The standard InChI is InChI=1S/C21H27N7/c1-4-18-12-20(25-21(24-18)19-9-5-6-10-22-19)27-11-7-8-17(13-27)14-28-16(3)23-15(2)26-28/h5-6,9-10,12,17H,4,7-8,11,13-14H2,1-3H3. The first-order valence-corrected chi connectivity index (χ1v) is 10.0. The number of aromatic nitrogens is 6. The smallest absolute Gasteiger partial charge is 0.180 e. The van der Waals surface area contributed by atoms with Gasteiger partial charge in [0, 0.05) is 37.6 Å². The first-order chi connectivity index (χ1) is 13.6. The minimum atomic E-state index is 0.534. The maximum atomic E-state index is 4.86. The van der Waals surface area contributed by atoms with Crippen LogP contribution in [0.1, 0.15) is 37.1 Å². The predicted octanol–water partition coefficient (Wildman–Crippen LogP) is 3.23. The molecule has 146 valence electrons. The van der Waals surface area contributed by atoms with E-state index in [9.17, 15) is 0 Å². The van der Waals surface area contributed by atoms with Crippen molar-refractivity contribution in [3.63, 3.8) is 0 Å². The third kappa shape index (κ3) is 4.03.